The normalized spacial score (nSPS) is 12.5. The molecule has 3 aromatic carbocycles. The zero-order valence-electron chi connectivity index (χ0n) is 21.8. The quantitative estimate of drug-likeness (QED) is 0.293. The highest BCUT2D eigenvalue weighted by atomic mass is 31.1. The Bertz CT molecular complexity index is 1300. The van der Waals surface area contributed by atoms with Crippen molar-refractivity contribution in [2.75, 3.05) is 0 Å². The molecule has 0 radical (unpaired) electrons. The molecule has 0 bridgehead atoms. The Balaban J connectivity index is 2.18. The Kier molecular flexibility index (Phi) is 7.20. The van der Waals surface area contributed by atoms with Gasteiger partial charge in [-0.15, -0.1) is 0 Å². The second kappa shape index (κ2) is 9.47. The number of carbonyl (C=O) groups is 2. The molecule has 0 aromatic heterocycles. The third-order valence-electron chi connectivity index (χ3n) is 6.95. The van der Waals surface area contributed by atoms with E-state index in [4.69, 9.17) is 0 Å². The van der Waals surface area contributed by atoms with E-state index >= 15 is 0 Å². The van der Waals surface area contributed by atoms with Gasteiger partial charge in [-0.05, 0) is 85.9 Å². The summed E-state index contributed by atoms with van der Waals surface area (Å²) in [6.45, 7) is 17.8. The van der Waals surface area contributed by atoms with Crippen molar-refractivity contribution >= 4 is 24.4 Å². The summed E-state index contributed by atoms with van der Waals surface area (Å²) in [5.74, 6) is -0.107. The number of ketones is 1. The molecule has 0 spiro atoms. The fourth-order valence-corrected chi connectivity index (χ4v) is 6.58. The predicted octanol–water partition coefficient (Wildman–Crippen LogP) is 7.09. The summed E-state index contributed by atoms with van der Waals surface area (Å²) in [7, 11) is -2.87. The summed E-state index contributed by atoms with van der Waals surface area (Å²) in [5, 5.41) is 0.524. The SMILES string of the molecule is Cc1cc(C(C)(C)C)cc(C)c1C(=O)[PH](=O)c1c(C)c(C)c(C)c(C(=O)c2ccccc2)c1C. The van der Waals surface area contributed by atoms with Crippen LogP contribution in [0.15, 0.2) is 42.5 Å². The van der Waals surface area contributed by atoms with Crippen LogP contribution in [0.4, 0.5) is 0 Å². The van der Waals surface area contributed by atoms with Crippen molar-refractivity contribution in [2.45, 2.75) is 67.7 Å². The van der Waals surface area contributed by atoms with E-state index in [1.165, 1.54) is 0 Å². The van der Waals surface area contributed by atoms with Gasteiger partial charge in [0.15, 0.2) is 13.6 Å². The van der Waals surface area contributed by atoms with E-state index < -0.39 is 7.80 Å². The van der Waals surface area contributed by atoms with E-state index in [0.29, 0.717) is 27.6 Å². The maximum atomic E-state index is 13.9. The molecule has 3 nitrogen and oxygen atoms in total. The highest BCUT2D eigenvalue weighted by Crippen LogP contribution is 2.37. The molecule has 0 amide bonds. The van der Waals surface area contributed by atoms with Gasteiger partial charge >= 0.3 is 0 Å². The van der Waals surface area contributed by atoms with Crippen LogP contribution < -0.4 is 5.30 Å². The molecule has 0 aliphatic heterocycles. The van der Waals surface area contributed by atoms with Gasteiger partial charge in [-0.1, -0.05) is 63.2 Å². The summed E-state index contributed by atoms with van der Waals surface area (Å²) in [6, 6.07) is 13.2. The van der Waals surface area contributed by atoms with Crippen molar-refractivity contribution in [1.82, 2.24) is 0 Å². The highest BCUT2D eigenvalue weighted by molar-refractivity contribution is 7.71. The molecule has 178 valence electrons. The second-order valence-electron chi connectivity index (χ2n) is 10.3. The summed E-state index contributed by atoms with van der Waals surface area (Å²) < 4.78 is 13.9. The van der Waals surface area contributed by atoms with Gasteiger partial charge in [-0.2, -0.15) is 0 Å². The van der Waals surface area contributed by atoms with E-state index in [0.717, 1.165) is 33.4 Å². The molecule has 0 saturated carbocycles. The molecule has 0 heterocycles. The van der Waals surface area contributed by atoms with Crippen LogP contribution in [-0.2, 0) is 9.98 Å². The Labute approximate surface area is 204 Å². The summed E-state index contributed by atoms with van der Waals surface area (Å²) in [4.78, 5) is 27.1. The molecule has 0 saturated heterocycles. The predicted molar refractivity (Wildman–Crippen MR) is 143 cm³/mol. The zero-order valence-corrected chi connectivity index (χ0v) is 22.8. The lowest BCUT2D eigenvalue weighted by Crippen LogP contribution is -2.21. The zero-order chi connectivity index (χ0) is 25.5. The van der Waals surface area contributed by atoms with Gasteiger partial charge in [0, 0.05) is 22.0 Å². The van der Waals surface area contributed by atoms with Gasteiger partial charge in [-0.3, -0.25) is 9.59 Å². The number of rotatable bonds is 5. The largest absolute Gasteiger partial charge is 0.313 e. The fourth-order valence-electron chi connectivity index (χ4n) is 4.74. The molecule has 1 atom stereocenters. The van der Waals surface area contributed by atoms with Crippen LogP contribution in [0.5, 0.6) is 0 Å². The van der Waals surface area contributed by atoms with E-state index in [2.05, 4.69) is 20.8 Å². The van der Waals surface area contributed by atoms with E-state index in [9.17, 15) is 14.2 Å². The monoisotopic (exact) mass is 474 g/mol. The van der Waals surface area contributed by atoms with Gasteiger partial charge in [-0.25, -0.2) is 0 Å². The average Bonchev–Trinajstić information content (AvgIpc) is 2.77. The molecule has 0 aliphatic carbocycles. The van der Waals surface area contributed by atoms with Gasteiger partial charge < -0.3 is 4.57 Å². The van der Waals surface area contributed by atoms with Gasteiger partial charge in [0.2, 0.25) is 5.52 Å². The summed E-state index contributed by atoms with van der Waals surface area (Å²) >= 11 is 0. The van der Waals surface area contributed by atoms with Crippen molar-refractivity contribution < 1.29 is 14.2 Å². The van der Waals surface area contributed by atoms with Crippen LogP contribution >= 0.6 is 7.80 Å². The number of hydrogen-bond donors (Lipinski definition) is 0. The Hall–Kier alpha value is -2.77. The number of carbonyl (C=O) groups excluding carboxylic acids is 2. The number of hydrogen-bond acceptors (Lipinski definition) is 3. The second-order valence-corrected chi connectivity index (χ2v) is 12.0. The van der Waals surface area contributed by atoms with Gasteiger partial charge in [0.05, 0.1) is 0 Å². The lowest BCUT2D eigenvalue weighted by Gasteiger charge is -2.23. The molecule has 4 heteroatoms. The standard InChI is InChI=1S/C30H35O3P/c1-17-15-24(30(7,8)9)16-18(2)25(17)29(32)34(33)28-21(5)19(3)20(4)26(22(28)6)27(31)23-13-11-10-12-14-23/h10-16,34H,1-9H3. The molecular weight excluding hydrogens is 439 g/mol. The lowest BCUT2D eigenvalue weighted by atomic mass is 9.84. The van der Waals surface area contributed by atoms with Crippen LogP contribution in [0.1, 0.15) is 86.0 Å². The van der Waals surface area contributed by atoms with Crippen molar-refractivity contribution in [3.8, 4) is 0 Å². The van der Waals surface area contributed by atoms with Crippen LogP contribution in [0, 0.1) is 41.5 Å². The average molecular weight is 475 g/mol. The molecule has 0 fully saturated rings. The number of benzene rings is 3. The third-order valence-corrected chi connectivity index (χ3v) is 8.81. The minimum Gasteiger partial charge on any atom is -0.313 e. The van der Waals surface area contributed by atoms with Crippen LogP contribution in [0.2, 0.25) is 0 Å². The summed E-state index contributed by atoms with van der Waals surface area (Å²) in [6.07, 6.45) is 0. The van der Waals surface area contributed by atoms with Crippen LogP contribution in [0.3, 0.4) is 0 Å². The molecule has 34 heavy (non-hydrogen) atoms. The smallest absolute Gasteiger partial charge is 0.223 e. The van der Waals surface area contributed by atoms with Gasteiger partial charge in [0.1, 0.15) is 0 Å². The minimum atomic E-state index is -2.87. The number of aryl methyl sites for hydroxylation is 2. The van der Waals surface area contributed by atoms with Gasteiger partial charge in [0.25, 0.3) is 0 Å². The molecule has 3 aromatic rings. The third kappa shape index (κ3) is 4.59. The van der Waals surface area contributed by atoms with Crippen molar-refractivity contribution in [1.29, 1.82) is 0 Å². The van der Waals surface area contributed by atoms with E-state index in [1.807, 2.05) is 71.9 Å². The van der Waals surface area contributed by atoms with Crippen molar-refractivity contribution in [3.63, 3.8) is 0 Å². The minimum absolute atomic E-state index is 0.0453. The Morgan fingerprint density at radius 3 is 1.74 bits per heavy atom. The molecule has 0 N–H and O–H groups in total. The maximum absolute atomic E-state index is 13.9. The lowest BCUT2D eigenvalue weighted by molar-refractivity contribution is 0.103. The first-order chi connectivity index (χ1) is 15.8. The van der Waals surface area contributed by atoms with E-state index in [-0.39, 0.29) is 16.7 Å². The Morgan fingerprint density at radius 2 is 1.24 bits per heavy atom. The highest BCUT2D eigenvalue weighted by Gasteiger charge is 2.29. The first kappa shape index (κ1) is 25.8. The molecule has 1 unspecified atom stereocenters. The van der Waals surface area contributed by atoms with Crippen molar-refractivity contribution in [2.24, 2.45) is 0 Å². The fraction of sp³-hybridized carbons (Fsp3) is 0.333. The molecule has 0 aliphatic rings. The Morgan fingerprint density at radius 1 is 0.706 bits per heavy atom. The summed E-state index contributed by atoms with van der Waals surface area (Å²) in [5.41, 5.74) is 7.36. The first-order valence-corrected chi connectivity index (χ1v) is 13.1. The van der Waals surface area contributed by atoms with Crippen LogP contribution in [0.25, 0.3) is 0 Å². The molecule has 3 rings (SSSR count). The topological polar surface area (TPSA) is 51.2 Å². The van der Waals surface area contributed by atoms with Crippen molar-refractivity contribution in [3.05, 3.63) is 98.1 Å². The maximum Gasteiger partial charge on any atom is 0.223 e. The molecular formula is C30H35O3P. The first-order valence-electron chi connectivity index (χ1n) is 11.7. The van der Waals surface area contributed by atoms with E-state index in [1.54, 1.807) is 12.1 Å². The van der Waals surface area contributed by atoms with Crippen LogP contribution in [-0.4, -0.2) is 11.3 Å².